The second-order valence-electron chi connectivity index (χ2n) is 9.71. The fourth-order valence-corrected chi connectivity index (χ4v) is 5.04. The lowest BCUT2D eigenvalue weighted by molar-refractivity contribution is -0.274. The molecule has 202 valence electrons. The summed E-state index contributed by atoms with van der Waals surface area (Å²) in [4.78, 5) is 35.4. The van der Waals surface area contributed by atoms with Gasteiger partial charge in [0.05, 0.1) is 16.3 Å². The molecule has 10 heteroatoms. The molecule has 4 aromatic rings. The van der Waals surface area contributed by atoms with Crippen molar-refractivity contribution in [2.45, 2.75) is 32.2 Å². The number of aromatic amines is 1. The summed E-state index contributed by atoms with van der Waals surface area (Å²) < 4.78 is 41.7. The van der Waals surface area contributed by atoms with Crippen LogP contribution in [-0.4, -0.2) is 35.3 Å². The van der Waals surface area contributed by atoms with Gasteiger partial charge in [0, 0.05) is 19.6 Å². The highest BCUT2D eigenvalue weighted by Crippen LogP contribution is 2.37. The zero-order chi connectivity index (χ0) is 27.5. The van der Waals surface area contributed by atoms with E-state index in [2.05, 4.69) is 20.0 Å². The van der Waals surface area contributed by atoms with Gasteiger partial charge in [0.25, 0.3) is 5.56 Å². The fraction of sp³-hybridized carbons (Fsp3) is 0.276. The van der Waals surface area contributed by atoms with E-state index in [0.29, 0.717) is 44.8 Å². The summed E-state index contributed by atoms with van der Waals surface area (Å²) in [6.45, 7) is 1.37. The van der Waals surface area contributed by atoms with Crippen molar-refractivity contribution in [3.8, 4) is 5.75 Å². The van der Waals surface area contributed by atoms with Crippen LogP contribution in [0.25, 0.3) is 10.9 Å². The molecule has 1 aliphatic heterocycles. The number of hydrogen-bond donors (Lipinski definition) is 2. The van der Waals surface area contributed by atoms with Gasteiger partial charge < -0.3 is 15.0 Å². The number of amides is 1. The summed E-state index contributed by atoms with van der Waals surface area (Å²) in [5, 5.41) is 3.11. The molecule has 7 nitrogen and oxygen atoms in total. The number of nitrogens with one attached hydrogen (secondary N) is 2. The highest BCUT2D eigenvalue weighted by molar-refractivity contribution is 5.83. The minimum atomic E-state index is -4.86. The number of hydrogen-bond acceptors (Lipinski definition) is 5. The number of anilines is 1. The molecule has 2 heterocycles. The smallest absolute Gasteiger partial charge is 0.406 e. The van der Waals surface area contributed by atoms with Crippen LogP contribution in [0.2, 0.25) is 0 Å². The summed E-state index contributed by atoms with van der Waals surface area (Å²) in [7, 11) is 0. The molecule has 5 rings (SSSR count). The average molecular weight is 537 g/mol. The van der Waals surface area contributed by atoms with Gasteiger partial charge in [-0.15, -0.1) is 13.2 Å². The number of piperidine rings is 1. The molecule has 39 heavy (non-hydrogen) atoms. The Kier molecular flexibility index (Phi) is 7.28. The summed E-state index contributed by atoms with van der Waals surface area (Å²) in [6, 6.07) is 23.1. The molecule has 1 fully saturated rings. The van der Waals surface area contributed by atoms with Gasteiger partial charge in [-0.2, -0.15) is 0 Å². The van der Waals surface area contributed by atoms with E-state index < -0.39 is 23.1 Å². The van der Waals surface area contributed by atoms with Crippen LogP contribution in [0.1, 0.15) is 24.0 Å². The van der Waals surface area contributed by atoms with E-state index in [0.717, 1.165) is 23.3 Å². The minimum absolute atomic E-state index is 0.00350. The molecule has 0 saturated carbocycles. The zero-order valence-corrected chi connectivity index (χ0v) is 21.0. The Bertz CT molecular complexity index is 1500. The van der Waals surface area contributed by atoms with Crippen LogP contribution >= 0.6 is 0 Å². The molecular weight excluding hydrogens is 509 g/mol. The normalized spacial score (nSPS) is 15.2. The lowest BCUT2D eigenvalue weighted by Gasteiger charge is -2.41. The third-order valence-electron chi connectivity index (χ3n) is 7.08. The van der Waals surface area contributed by atoms with Gasteiger partial charge in [-0.3, -0.25) is 14.6 Å². The first-order valence-electron chi connectivity index (χ1n) is 12.6. The zero-order valence-electron chi connectivity index (χ0n) is 21.0. The number of carbonyl (C=O) groups is 1. The van der Waals surface area contributed by atoms with Crippen LogP contribution < -0.4 is 20.5 Å². The summed E-state index contributed by atoms with van der Waals surface area (Å²) in [6.07, 6.45) is -3.22. The van der Waals surface area contributed by atoms with Crippen molar-refractivity contribution in [2.24, 2.45) is 5.41 Å². The van der Waals surface area contributed by atoms with Crippen molar-refractivity contribution in [2.75, 3.05) is 18.0 Å². The Morgan fingerprint density at radius 1 is 0.974 bits per heavy atom. The summed E-state index contributed by atoms with van der Waals surface area (Å²) in [5.74, 6) is -0.192. The molecule has 0 bridgehead atoms. The molecule has 1 amide bonds. The van der Waals surface area contributed by atoms with E-state index >= 15 is 0 Å². The molecule has 1 saturated heterocycles. The highest BCUT2D eigenvalue weighted by Gasteiger charge is 2.42. The Morgan fingerprint density at radius 2 is 1.62 bits per heavy atom. The van der Waals surface area contributed by atoms with Crippen molar-refractivity contribution in [3.05, 3.63) is 100 Å². The summed E-state index contributed by atoms with van der Waals surface area (Å²) in [5.41, 5.74) is 1.12. The molecule has 1 aliphatic rings. The van der Waals surface area contributed by atoms with Gasteiger partial charge in [0.2, 0.25) is 11.9 Å². The molecule has 0 unspecified atom stereocenters. The maximum absolute atomic E-state index is 13.6. The van der Waals surface area contributed by atoms with Gasteiger partial charge in [0.1, 0.15) is 5.75 Å². The number of carbonyl (C=O) groups excluding carboxylic acids is 1. The monoisotopic (exact) mass is 536 g/mol. The summed E-state index contributed by atoms with van der Waals surface area (Å²) >= 11 is 0. The van der Waals surface area contributed by atoms with Crippen LogP contribution in [0.4, 0.5) is 19.1 Å². The first-order chi connectivity index (χ1) is 18.7. The highest BCUT2D eigenvalue weighted by atomic mass is 19.4. The van der Waals surface area contributed by atoms with E-state index in [-0.39, 0.29) is 16.8 Å². The standard InChI is InChI=1S/C29H27F3N4O3/c30-29(31,32)39-22-11-12-24-23(17-22)25(37)35-27(34-24)36-15-13-28(14-16-36,18-20-7-3-1-4-8-20)26(38)33-19-21-9-5-2-6-10-21/h1-12,17H,13-16,18-19H2,(H,33,38)(H,34,35,37). The minimum Gasteiger partial charge on any atom is -0.406 e. The lowest BCUT2D eigenvalue weighted by Crippen LogP contribution is -2.50. The molecule has 0 radical (unpaired) electrons. The molecule has 1 aromatic heterocycles. The van der Waals surface area contributed by atoms with Gasteiger partial charge >= 0.3 is 6.36 Å². The van der Waals surface area contributed by atoms with E-state index in [9.17, 15) is 22.8 Å². The maximum atomic E-state index is 13.6. The van der Waals surface area contributed by atoms with Crippen molar-refractivity contribution >= 4 is 22.8 Å². The van der Waals surface area contributed by atoms with Gasteiger partial charge in [-0.25, -0.2) is 4.98 Å². The van der Waals surface area contributed by atoms with Gasteiger partial charge in [0.15, 0.2) is 0 Å². The number of nitrogens with zero attached hydrogens (tertiary/aromatic N) is 2. The average Bonchev–Trinajstić information content (AvgIpc) is 2.92. The van der Waals surface area contributed by atoms with Crippen molar-refractivity contribution < 1.29 is 22.7 Å². The third kappa shape index (κ3) is 6.22. The number of rotatable bonds is 7. The second-order valence-corrected chi connectivity index (χ2v) is 9.71. The van der Waals surface area contributed by atoms with Gasteiger partial charge in [-0.1, -0.05) is 60.7 Å². The number of halogens is 3. The Balaban J connectivity index is 1.35. The third-order valence-corrected chi connectivity index (χ3v) is 7.08. The first kappa shape index (κ1) is 26.3. The number of ether oxygens (including phenoxy) is 1. The topological polar surface area (TPSA) is 87.3 Å². The fourth-order valence-electron chi connectivity index (χ4n) is 5.04. The second kappa shape index (κ2) is 10.8. The van der Waals surface area contributed by atoms with Crippen LogP contribution in [0.5, 0.6) is 5.75 Å². The molecule has 0 spiro atoms. The van der Waals surface area contributed by atoms with Crippen molar-refractivity contribution in [1.29, 1.82) is 0 Å². The van der Waals surface area contributed by atoms with Crippen molar-refractivity contribution in [1.82, 2.24) is 15.3 Å². The number of benzene rings is 3. The van der Waals surface area contributed by atoms with Crippen LogP contribution in [0.15, 0.2) is 83.7 Å². The Morgan fingerprint density at radius 3 is 2.26 bits per heavy atom. The first-order valence-corrected chi connectivity index (χ1v) is 12.6. The number of aromatic nitrogens is 2. The van der Waals surface area contributed by atoms with Crippen LogP contribution in [-0.2, 0) is 17.8 Å². The largest absolute Gasteiger partial charge is 0.573 e. The SMILES string of the molecule is O=C(NCc1ccccc1)C1(Cc2ccccc2)CCN(c2nc3ccc(OC(F)(F)F)cc3c(=O)[nH]2)CC1. The Hall–Kier alpha value is -4.34. The number of alkyl halides is 3. The molecular formula is C29H27F3N4O3. The van der Waals surface area contributed by atoms with E-state index in [4.69, 9.17) is 0 Å². The van der Waals surface area contributed by atoms with E-state index in [1.807, 2.05) is 65.6 Å². The molecule has 2 N–H and O–H groups in total. The predicted octanol–water partition coefficient (Wildman–Crippen LogP) is 4.97. The van der Waals surface area contributed by atoms with E-state index in [1.165, 1.54) is 6.07 Å². The van der Waals surface area contributed by atoms with Crippen LogP contribution in [0, 0.1) is 5.41 Å². The molecule has 3 aromatic carbocycles. The quantitative estimate of drug-likeness (QED) is 0.349. The predicted molar refractivity (Wildman–Crippen MR) is 141 cm³/mol. The van der Waals surface area contributed by atoms with Crippen LogP contribution in [0.3, 0.4) is 0 Å². The van der Waals surface area contributed by atoms with E-state index in [1.54, 1.807) is 0 Å². The molecule has 0 aliphatic carbocycles. The maximum Gasteiger partial charge on any atom is 0.573 e. The number of H-pyrrole nitrogens is 1. The lowest BCUT2D eigenvalue weighted by atomic mass is 9.73. The number of fused-ring (bicyclic) bond motifs is 1. The Labute approximate surface area is 222 Å². The van der Waals surface area contributed by atoms with Crippen molar-refractivity contribution in [3.63, 3.8) is 0 Å². The molecule has 0 atom stereocenters. The van der Waals surface area contributed by atoms with Gasteiger partial charge in [-0.05, 0) is 48.6 Å².